The molecule has 13 heavy (non-hydrogen) atoms. The zero-order valence-electron chi connectivity index (χ0n) is 7.39. The molecule has 0 aliphatic carbocycles. The molecule has 0 aromatic heterocycles. The van der Waals surface area contributed by atoms with Crippen LogP contribution in [0, 0.1) is 6.92 Å². The van der Waals surface area contributed by atoms with Gasteiger partial charge in [-0.25, -0.2) is 0 Å². The molecule has 0 saturated carbocycles. The maximum absolute atomic E-state index is 12.3. The van der Waals surface area contributed by atoms with Crippen molar-refractivity contribution < 1.29 is 9.13 Å². The van der Waals surface area contributed by atoms with Crippen molar-refractivity contribution in [1.29, 1.82) is 0 Å². The maximum atomic E-state index is 12.3. The highest BCUT2D eigenvalue weighted by Gasteiger charge is 2.12. The topological polar surface area (TPSA) is 9.23 Å². The fourth-order valence-electron chi connectivity index (χ4n) is 1.08. The summed E-state index contributed by atoms with van der Waals surface area (Å²) in [7, 11) is 1.53. The van der Waals surface area contributed by atoms with Crippen LogP contribution in [0.5, 0.6) is 5.75 Å². The Bertz CT molecular complexity index is 288. The van der Waals surface area contributed by atoms with Crippen LogP contribution in [-0.4, -0.2) is 13.8 Å². The predicted molar refractivity (Wildman–Crippen MR) is 52.1 cm³/mol. The summed E-state index contributed by atoms with van der Waals surface area (Å²) in [5.74, 6) is 0.129. The first-order valence-electron chi connectivity index (χ1n) is 3.92. The van der Waals surface area contributed by atoms with Gasteiger partial charge in [0.25, 0.3) is 0 Å². The molecule has 1 unspecified atom stereocenters. The molecule has 1 aromatic carbocycles. The Hall–Kier alpha value is -0.760. The fourth-order valence-corrected chi connectivity index (χ4v) is 1.44. The average Bonchev–Trinajstić information content (AvgIpc) is 2.17. The molecule has 0 amide bonds. The maximum Gasteiger partial charge on any atom is 0.137 e. The number of rotatable bonds is 3. The summed E-state index contributed by atoms with van der Waals surface area (Å²) in [5.41, 5.74) is 0.684. The molecule has 0 aliphatic heterocycles. The van der Waals surface area contributed by atoms with E-state index in [2.05, 4.69) is 6.92 Å². The second-order valence-corrected chi connectivity index (χ2v) is 3.09. The Kier molecular flexibility index (Phi) is 3.55. The Labute approximate surface area is 82.5 Å². The molecule has 0 fully saturated rings. The van der Waals surface area contributed by atoms with Gasteiger partial charge in [0.2, 0.25) is 0 Å². The molecule has 0 heterocycles. The van der Waals surface area contributed by atoms with Crippen LogP contribution in [-0.2, 0) is 0 Å². The summed E-state index contributed by atoms with van der Waals surface area (Å²) < 4.78 is 17.3. The minimum absolute atomic E-state index is 0.428. The van der Waals surface area contributed by atoms with Crippen molar-refractivity contribution in [2.75, 3.05) is 13.8 Å². The quantitative estimate of drug-likeness (QED) is 0.730. The van der Waals surface area contributed by atoms with E-state index in [0.29, 0.717) is 16.3 Å². The molecule has 0 spiro atoms. The van der Waals surface area contributed by atoms with Crippen molar-refractivity contribution >= 4 is 11.6 Å². The lowest BCUT2D eigenvalue weighted by Crippen LogP contribution is -1.98. The van der Waals surface area contributed by atoms with Crippen LogP contribution in [0.2, 0.25) is 5.02 Å². The third-order valence-electron chi connectivity index (χ3n) is 1.84. The zero-order valence-corrected chi connectivity index (χ0v) is 8.14. The number of alkyl halides is 1. The summed E-state index contributed by atoms with van der Waals surface area (Å²) in [6.07, 6.45) is 0. The Morgan fingerprint density at radius 3 is 2.85 bits per heavy atom. The van der Waals surface area contributed by atoms with Crippen molar-refractivity contribution in [3.05, 3.63) is 35.7 Å². The van der Waals surface area contributed by atoms with E-state index in [1.807, 2.05) is 0 Å². The standard InChI is InChI=1S/C10H11ClFO/c1-7(6-12)8-4-3-5-9(13-2)10(8)11/h3-5,7H,1,6H2,2H3. The Morgan fingerprint density at radius 2 is 2.31 bits per heavy atom. The predicted octanol–water partition coefficient (Wildman–Crippen LogP) is 3.24. The van der Waals surface area contributed by atoms with E-state index in [4.69, 9.17) is 16.3 Å². The van der Waals surface area contributed by atoms with Crippen molar-refractivity contribution in [2.24, 2.45) is 0 Å². The highest BCUT2D eigenvalue weighted by Crippen LogP contribution is 2.32. The molecule has 1 aromatic rings. The smallest absolute Gasteiger partial charge is 0.137 e. The van der Waals surface area contributed by atoms with Gasteiger partial charge < -0.3 is 4.74 Å². The molecule has 1 nitrogen and oxygen atoms in total. The monoisotopic (exact) mass is 201 g/mol. The molecular weight excluding hydrogens is 191 g/mol. The van der Waals surface area contributed by atoms with Gasteiger partial charge in [-0.15, -0.1) is 0 Å². The van der Waals surface area contributed by atoms with E-state index in [1.165, 1.54) is 7.11 Å². The van der Waals surface area contributed by atoms with Gasteiger partial charge >= 0.3 is 0 Å². The molecule has 1 atom stereocenters. The highest BCUT2D eigenvalue weighted by molar-refractivity contribution is 6.32. The molecule has 0 aliphatic rings. The molecule has 3 heteroatoms. The van der Waals surface area contributed by atoms with E-state index >= 15 is 0 Å². The summed E-state index contributed by atoms with van der Waals surface area (Å²) in [4.78, 5) is 0. The van der Waals surface area contributed by atoms with Gasteiger partial charge in [-0.1, -0.05) is 23.7 Å². The molecule has 71 valence electrons. The van der Waals surface area contributed by atoms with Gasteiger partial charge in [0, 0.05) is 5.92 Å². The first-order chi connectivity index (χ1) is 6.20. The van der Waals surface area contributed by atoms with E-state index in [0.717, 1.165) is 0 Å². The van der Waals surface area contributed by atoms with Crippen molar-refractivity contribution in [3.8, 4) is 5.75 Å². The van der Waals surface area contributed by atoms with Crippen LogP contribution in [0.25, 0.3) is 0 Å². The van der Waals surface area contributed by atoms with Gasteiger partial charge in [0.05, 0.1) is 18.8 Å². The minimum atomic E-state index is -0.521. The summed E-state index contributed by atoms with van der Waals surface area (Å²) in [6, 6.07) is 5.26. The highest BCUT2D eigenvalue weighted by atomic mass is 35.5. The van der Waals surface area contributed by atoms with Gasteiger partial charge in [0.1, 0.15) is 5.75 Å². The number of methoxy groups -OCH3 is 1. The largest absolute Gasteiger partial charge is 0.495 e. The average molecular weight is 202 g/mol. The van der Waals surface area contributed by atoms with Gasteiger partial charge in [0.15, 0.2) is 0 Å². The normalized spacial score (nSPS) is 12.6. The lowest BCUT2D eigenvalue weighted by atomic mass is 10.0. The fraction of sp³-hybridized carbons (Fsp3) is 0.300. The van der Waals surface area contributed by atoms with Crippen LogP contribution in [0.1, 0.15) is 11.5 Å². The SMILES string of the molecule is [CH2]C(CF)c1cccc(OC)c1Cl. The summed E-state index contributed by atoms with van der Waals surface area (Å²) >= 11 is 5.95. The summed E-state index contributed by atoms with van der Waals surface area (Å²) in [6.45, 7) is 3.13. The van der Waals surface area contributed by atoms with Crippen LogP contribution >= 0.6 is 11.6 Å². The van der Waals surface area contributed by atoms with Crippen LogP contribution < -0.4 is 4.74 Å². The second-order valence-electron chi connectivity index (χ2n) is 2.71. The van der Waals surface area contributed by atoms with Gasteiger partial charge in [-0.05, 0) is 18.6 Å². The first kappa shape index (κ1) is 10.3. The van der Waals surface area contributed by atoms with E-state index in [9.17, 15) is 4.39 Å². The van der Waals surface area contributed by atoms with Crippen LogP contribution in [0.4, 0.5) is 4.39 Å². The molecular formula is C10H11ClFO. The first-order valence-corrected chi connectivity index (χ1v) is 4.30. The molecule has 0 N–H and O–H groups in total. The number of halogens is 2. The number of benzene rings is 1. The Balaban J connectivity index is 3.08. The third-order valence-corrected chi connectivity index (χ3v) is 2.24. The number of hydrogen-bond donors (Lipinski definition) is 0. The molecule has 0 bridgehead atoms. The van der Waals surface area contributed by atoms with Crippen LogP contribution in [0.3, 0.4) is 0 Å². The Morgan fingerprint density at radius 1 is 1.62 bits per heavy atom. The molecule has 1 rings (SSSR count). The van der Waals surface area contributed by atoms with Crippen LogP contribution in [0.15, 0.2) is 18.2 Å². The second kappa shape index (κ2) is 4.47. The van der Waals surface area contributed by atoms with Gasteiger partial charge in [-0.3, -0.25) is 4.39 Å². The lowest BCUT2D eigenvalue weighted by Gasteiger charge is -2.11. The van der Waals surface area contributed by atoms with E-state index in [-0.39, 0.29) is 0 Å². The van der Waals surface area contributed by atoms with Gasteiger partial charge in [-0.2, -0.15) is 0 Å². The summed E-state index contributed by atoms with van der Waals surface area (Å²) in [5, 5.41) is 0.447. The number of hydrogen-bond acceptors (Lipinski definition) is 1. The van der Waals surface area contributed by atoms with Crippen molar-refractivity contribution in [3.63, 3.8) is 0 Å². The zero-order chi connectivity index (χ0) is 9.84. The minimum Gasteiger partial charge on any atom is -0.495 e. The van der Waals surface area contributed by atoms with Crippen molar-refractivity contribution in [1.82, 2.24) is 0 Å². The lowest BCUT2D eigenvalue weighted by molar-refractivity contribution is 0.413. The van der Waals surface area contributed by atoms with Crippen molar-refractivity contribution in [2.45, 2.75) is 5.92 Å². The molecule has 0 saturated heterocycles. The van der Waals surface area contributed by atoms with E-state index < -0.39 is 12.6 Å². The van der Waals surface area contributed by atoms with E-state index in [1.54, 1.807) is 18.2 Å². The molecule has 1 radical (unpaired) electrons. The third kappa shape index (κ3) is 2.13. The number of ether oxygens (including phenoxy) is 1.